The molecule has 2 aromatic rings. The molecule has 0 radical (unpaired) electrons. The minimum Gasteiger partial charge on any atom is -0.444 e. The van der Waals surface area contributed by atoms with E-state index in [1.165, 1.54) is 4.57 Å². The van der Waals surface area contributed by atoms with E-state index in [9.17, 15) is 14.4 Å². The number of anilines is 1. The molecule has 0 spiro atoms. The molecule has 1 aliphatic rings. The maximum atomic E-state index is 12.5. The molecule has 3 rings (SSSR count). The second kappa shape index (κ2) is 8.37. The van der Waals surface area contributed by atoms with Crippen molar-refractivity contribution in [1.82, 2.24) is 24.4 Å². The van der Waals surface area contributed by atoms with Crippen LogP contribution in [0.3, 0.4) is 0 Å². The molecule has 164 valence electrons. The Morgan fingerprint density at radius 3 is 2.77 bits per heavy atom. The zero-order valence-corrected chi connectivity index (χ0v) is 18.2. The first-order valence-corrected chi connectivity index (χ1v) is 10.2. The lowest BCUT2D eigenvalue weighted by molar-refractivity contribution is 0.0500. The van der Waals surface area contributed by atoms with Gasteiger partial charge in [0, 0.05) is 32.7 Å². The lowest BCUT2D eigenvalue weighted by atomic mass is 10.1. The number of aromatic amines is 1. The highest BCUT2D eigenvalue weighted by atomic mass is 16.6. The van der Waals surface area contributed by atoms with Crippen molar-refractivity contribution in [3.05, 3.63) is 33.0 Å². The van der Waals surface area contributed by atoms with Gasteiger partial charge in [0.25, 0.3) is 5.56 Å². The zero-order chi connectivity index (χ0) is 22.1. The van der Waals surface area contributed by atoms with Crippen molar-refractivity contribution >= 4 is 23.2 Å². The van der Waals surface area contributed by atoms with Gasteiger partial charge in [-0.15, -0.1) is 0 Å². The van der Waals surface area contributed by atoms with E-state index in [0.717, 1.165) is 19.4 Å². The number of hydrogen-bond acceptors (Lipinski definition) is 6. The van der Waals surface area contributed by atoms with Crippen LogP contribution >= 0.6 is 0 Å². The molecule has 10 heteroatoms. The number of carbonyl (C=O) groups is 1. The fraction of sp³-hybridized carbons (Fsp3) is 0.600. The van der Waals surface area contributed by atoms with E-state index in [-0.39, 0.29) is 6.04 Å². The van der Waals surface area contributed by atoms with E-state index in [1.807, 2.05) is 49.3 Å². The summed E-state index contributed by atoms with van der Waals surface area (Å²) in [6.07, 6.45) is 5.05. The number of hydrogen-bond donors (Lipinski definition) is 2. The lowest BCUT2D eigenvalue weighted by Crippen LogP contribution is -2.49. The number of piperidine rings is 1. The summed E-state index contributed by atoms with van der Waals surface area (Å²) in [6.45, 7) is 9.09. The van der Waals surface area contributed by atoms with Crippen LogP contribution in [0.25, 0.3) is 11.2 Å². The fourth-order valence-corrected chi connectivity index (χ4v) is 3.60. The van der Waals surface area contributed by atoms with Crippen molar-refractivity contribution in [3.8, 4) is 0 Å². The first-order chi connectivity index (χ1) is 14.1. The molecule has 10 nitrogen and oxygen atoms in total. The van der Waals surface area contributed by atoms with E-state index in [4.69, 9.17) is 4.74 Å². The number of H-pyrrole nitrogens is 1. The number of nitrogens with zero attached hydrogens (tertiary/aromatic N) is 4. The predicted molar refractivity (Wildman–Crippen MR) is 115 cm³/mol. The monoisotopic (exact) mass is 418 g/mol. The average Bonchev–Trinajstić information content (AvgIpc) is 3.03. The summed E-state index contributed by atoms with van der Waals surface area (Å²) in [6, 6.07) is -0.106. The highest BCUT2D eigenvalue weighted by Gasteiger charge is 2.28. The first-order valence-electron chi connectivity index (χ1n) is 10.2. The summed E-state index contributed by atoms with van der Waals surface area (Å²) in [7, 11) is 1.58. The Hall–Kier alpha value is -3.04. The molecule has 0 unspecified atom stereocenters. The SMILES string of the molecule is C/C=C/Cn1c(N2CCC[C@H](NC(=O)OC(C)(C)C)C2)nc2c1c(=O)[nH]c(=O)n2C. The highest BCUT2D eigenvalue weighted by molar-refractivity contribution is 5.74. The van der Waals surface area contributed by atoms with Crippen LogP contribution in [0.4, 0.5) is 10.7 Å². The third-order valence-electron chi connectivity index (χ3n) is 4.94. The van der Waals surface area contributed by atoms with Gasteiger partial charge in [0.15, 0.2) is 11.2 Å². The molecule has 30 heavy (non-hydrogen) atoms. The van der Waals surface area contributed by atoms with Gasteiger partial charge < -0.3 is 19.5 Å². The van der Waals surface area contributed by atoms with Crippen molar-refractivity contribution in [2.24, 2.45) is 7.05 Å². The van der Waals surface area contributed by atoms with E-state index >= 15 is 0 Å². The molecular weight excluding hydrogens is 388 g/mol. The number of aromatic nitrogens is 4. The van der Waals surface area contributed by atoms with Gasteiger partial charge in [-0.05, 0) is 40.5 Å². The van der Waals surface area contributed by atoms with Crippen LogP contribution in [0.5, 0.6) is 0 Å². The molecule has 1 aliphatic heterocycles. The van der Waals surface area contributed by atoms with Gasteiger partial charge in [-0.25, -0.2) is 9.59 Å². The maximum absolute atomic E-state index is 12.5. The van der Waals surface area contributed by atoms with Gasteiger partial charge in [0.2, 0.25) is 5.95 Å². The molecule has 1 amide bonds. The van der Waals surface area contributed by atoms with Crippen molar-refractivity contribution < 1.29 is 9.53 Å². The maximum Gasteiger partial charge on any atom is 0.407 e. The molecule has 1 fully saturated rings. The topological polar surface area (TPSA) is 114 Å². The minimum absolute atomic E-state index is 0.106. The second-order valence-corrected chi connectivity index (χ2v) is 8.51. The minimum atomic E-state index is -0.565. The van der Waals surface area contributed by atoms with Crippen LogP contribution < -0.4 is 21.5 Å². The summed E-state index contributed by atoms with van der Waals surface area (Å²) in [5.41, 5.74) is -0.836. The second-order valence-electron chi connectivity index (χ2n) is 8.51. The molecule has 1 saturated heterocycles. The Bertz CT molecular complexity index is 1070. The van der Waals surface area contributed by atoms with Crippen LogP contribution in [0.2, 0.25) is 0 Å². The van der Waals surface area contributed by atoms with E-state index < -0.39 is 22.9 Å². The van der Waals surface area contributed by atoms with Crippen molar-refractivity contribution in [1.29, 1.82) is 0 Å². The number of alkyl carbamates (subject to hydrolysis) is 1. The number of amides is 1. The molecule has 0 saturated carbocycles. The summed E-state index contributed by atoms with van der Waals surface area (Å²) < 4.78 is 8.52. The zero-order valence-electron chi connectivity index (χ0n) is 18.2. The highest BCUT2D eigenvalue weighted by Crippen LogP contribution is 2.23. The molecule has 1 atom stereocenters. The van der Waals surface area contributed by atoms with Gasteiger partial charge in [-0.2, -0.15) is 4.98 Å². The van der Waals surface area contributed by atoms with E-state index in [1.54, 1.807) is 7.05 Å². The smallest absolute Gasteiger partial charge is 0.407 e. The van der Waals surface area contributed by atoms with Gasteiger partial charge in [0.1, 0.15) is 5.60 Å². The van der Waals surface area contributed by atoms with E-state index in [0.29, 0.717) is 30.2 Å². The Morgan fingerprint density at radius 1 is 1.37 bits per heavy atom. The average molecular weight is 418 g/mol. The van der Waals surface area contributed by atoms with Crippen LogP contribution in [-0.4, -0.2) is 49.9 Å². The molecule has 0 aromatic carbocycles. The Balaban J connectivity index is 1.94. The lowest BCUT2D eigenvalue weighted by Gasteiger charge is -2.34. The number of aryl methyl sites for hydroxylation is 1. The standard InChI is InChI=1S/C20H30N6O4/c1-6-7-11-26-14-15(24(5)18(28)23-16(14)27)22-17(26)25-10-8-9-13(12-25)21-19(29)30-20(2,3)4/h6-7,13H,8-12H2,1-5H3,(H,21,29)(H,23,27,28)/b7-6+/t13-/m0/s1. The number of carbonyl (C=O) groups excluding carboxylic acids is 1. The Morgan fingerprint density at radius 2 is 2.10 bits per heavy atom. The van der Waals surface area contributed by atoms with Crippen molar-refractivity contribution in [2.75, 3.05) is 18.0 Å². The van der Waals surface area contributed by atoms with Gasteiger partial charge in [0.05, 0.1) is 0 Å². The molecule has 2 aromatic heterocycles. The van der Waals surface area contributed by atoms with Crippen LogP contribution in [0.15, 0.2) is 21.7 Å². The van der Waals surface area contributed by atoms with Gasteiger partial charge in [-0.3, -0.25) is 14.3 Å². The summed E-state index contributed by atoms with van der Waals surface area (Å²) >= 11 is 0. The van der Waals surface area contributed by atoms with Crippen molar-refractivity contribution in [3.63, 3.8) is 0 Å². The Kier molecular flexibility index (Phi) is 6.04. The normalized spacial score (nSPS) is 17.6. The number of ether oxygens (including phenoxy) is 1. The Labute approximate surface area is 174 Å². The fourth-order valence-electron chi connectivity index (χ4n) is 3.60. The predicted octanol–water partition coefficient (Wildman–Crippen LogP) is 1.49. The van der Waals surface area contributed by atoms with Crippen LogP contribution in [0, 0.1) is 0 Å². The molecule has 0 bridgehead atoms. The summed E-state index contributed by atoms with van der Waals surface area (Å²) in [4.78, 5) is 45.8. The number of allylic oxidation sites excluding steroid dienone is 2. The van der Waals surface area contributed by atoms with Gasteiger partial charge in [-0.1, -0.05) is 12.2 Å². The largest absolute Gasteiger partial charge is 0.444 e. The number of fused-ring (bicyclic) bond motifs is 1. The molecular formula is C20H30N6O4. The number of imidazole rings is 1. The quantitative estimate of drug-likeness (QED) is 0.727. The van der Waals surface area contributed by atoms with Crippen molar-refractivity contribution in [2.45, 2.75) is 58.7 Å². The number of rotatable bonds is 4. The third kappa shape index (κ3) is 4.58. The number of nitrogens with one attached hydrogen (secondary N) is 2. The van der Waals surface area contributed by atoms with E-state index in [2.05, 4.69) is 15.3 Å². The van der Waals surface area contributed by atoms with Crippen LogP contribution in [-0.2, 0) is 18.3 Å². The first kappa shape index (κ1) is 21.7. The molecule has 2 N–H and O–H groups in total. The van der Waals surface area contributed by atoms with Crippen LogP contribution in [0.1, 0.15) is 40.5 Å². The summed E-state index contributed by atoms with van der Waals surface area (Å²) in [5, 5.41) is 2.93. The molecule has 3 heterocycles. The summed E-state index contributed by atoms with van der Waals surface area (Å²) in [5.74, 6) is 0.602. The molecule has 0 aliphatic carbocycles. The third-order valence-corrected chi connectivity index (χ3v) is 4.94. The van der Waals surface area contributed by atoms with Gasteiger partial charge >= 0.3 is 11.8 Å².